The van der Waals surface area contributed by atoms with Gasteiger partial charge in [0, 0.05) is 19.9 Å². The largest absolute Gasteiger partial charge is 0.383 e. The summed E-state index contributed by atoms with van der Waals surface area (Å²) in [6.45, 7) is 1.32. The minimum Gasteiger partial charge on any atom is -0.383 e. The predicted molar refractivity (Wildman–Crippen MR) is 93.8 cm³/mol. The first-order valence-electron chi connectivity index (χ1n) is 7.23. The molecule has 2 N–H and O–H groups in total. The van der Waals surface area contributed by atoms with Crippen LogP contribution in [-0.4, -0.2) is 55.4 Å². The van der Waals surface area contributed by atoms with Gasteiger partial charge in [-0.3, -0.25) is 0 Å². The van der Waals surface area contributed by atoms with Gasteiger partial charge in [-0.1, -0.05) is 12.1 Å². The number of hydrogen-bond acceptors (Lipinski definition) is 6. The Balaban J connectivity index is 0.00000288. The van der Waals surface area contributed by atoms with Crippen molar-refractivity contribution < 1.29 is 21.6 Å². The smallest absolute Gasteiger partial charge is 0.241 e. The summed E-state index contributed by atoms with van der Waals surface area (Å²) in [6.07, 6.45) is 2.72. The zero-order valence-electron chi connectivity index (χ0n) is 13.6. The Bertz CT molecular complexity index is 759. The maximum Gasteiger partial charge on any atom is 0.241 e. The van der Waals surface area contributed by atoms with Crippen molar-refractivity contribution in [2.24, 2.45) is 0 Å². The van der Waals surface area contributed by atoms with Crippen LogP contribution in [0.5, 0.6) is 0 Å². The summed E-state index contributed by atoms with van der Waals surface area (Å²) in [5, 5.41) is 3.27. The van der Waals surface area contributed by atoms with Gasteiger partial charge in [0.15, 0.2) is 9.84 Å². The lowest BCUT2D eigenvalue weighted by atomic mass is 9.99. The van der Waals surface area contributed by atoms with Crippen LogP contribution < -0.4 is 10.0 Å². The van der Waals surface area contributed by atoms with Gasteiger partial charge < -0.3 is 10.1 Å². The Hall–Kier alpha value is -0.710. The minimum absolute atomic E-state index is 0. The summed E-state index contributed by atoms with van der Waals surface area (Å²) in [7, 11) is -6.02. The van der Waals surface area contributed by atoms with E-state index in [1.54, 1.807) is 7.11 Å². The molecule has 0 spiro atoms. The maximum atomic E-state index is 12.6. The van der Waals surface area contributed by atoms with E-state index in [0.29, 0.717) is 6.61 Å². The van der Waals surface area contributed by atoms with Crippen LogP contribution in [0.2, 0.25) is 0 Å². The molecule has 0 aromatic heterocycles. The lowest BCUT2D eigenvalue weighted by Crippen LogP contribution is -2.52. The molecule has 1 aliphatic heterocycles. The third kappa shape index (κ3) is 4.90. The van der Waals surface area contributed by atoms with Crippen LogP contribution in [0.1, 0.15) is 12.8 Å². The van der Waals surface area contributed by atoms with Crippen LogP contribution in [0.4, 0.5) is 0 Å². The minimum atomic E-state index is -3.94. The third-order valence-electron chi connectivity index (χ3n) is 3.89. The Morgan fingerprint density at radius 1 is 1.21 bits per heavy atom. The number of nitrogens with one attached hydrogen (secondary N) is 2. The van der Waals surface area contributed by atoms with Gasteiger partial charge in [-0.05, 0) is 31.5 Å². The van der Waals surface area contributed by atoms with Gasteiger partial charge in [0.2, 0.25) is 10.0 Å². The van der Waals surface area contributed by atoms with Crippen molar-refractivity contribution in [2.75, 3.05) is 33.1 Å². The van der Waals surface area contributed by atoms with E-state index in [4.69, 9.17) is 4.74 Å². The topological polar surface area (TPSA) is 102 Å². The number of hydrogen-bond donors (Lipinski definition) is 2. The van der Waals surface area contributed by atoms with Crippen LogP contribution >= 0.6 is 12.4 Å². The Labute approximate surface area is 149 Å². The van der Waals surface area contributed by atoms with E-state index in [-0.39, 0.29) is 28.7 Å². The fourth-order valence-corrected chi connectivity index (χ4v) is 5.51. The molecule has 0 saturated carbocycles. The number of methoxy groups -OCH3 is 1. The third-order valence-corrected chi connectivity index (χ3v) is 6.64. The first-order chi connectivity index (χ1) is 10.7. The molecule has 24 heavy (non-hydrogen) atoms. The van der Waals surface area contributed by atoms with Gasteiger partial charge in [-0.2, -0.15) is 0 Å². The summed E-state index contributed by atoms with van der Waals surface area (Å²) in [5.74, 6) is 0. The number of ether oxygens (including phenoxy) is 1. The second kappa shape index (κ2) is 8.11. The van der Waals surface area contributed by atoms with Gasteiger partial charge in [0.1, 0.15) is 4.90 Å². The summed E-state index contributed by atoms with van der Waals surface area (Å²) < 4.78 is 56.4. The predicted octanol–water partition coefficient (Wildman–Crippen LogP) is 0.559. The number of sulfonamides is 1. The van der Waals surface area contributed by atoms with Crippen LogP contribution in [0, 0.1) is 0 Å². The first kappa shape index (κ1) is 21.3. The van der Waals surface area contributed by atoms with E-state index in [0.717, 1.165) is 25.6 Å². The molecule has 0 bridgehead atoms. The fraction of sp³-hybridized carbons (Fsp3) is 0.571. The lowest BCUT2D eigenvalue weighted by molar-refractivity contribution is 0.122. The SMILES string of the molecule is COCC1(CNS(=O)(=O)c2ccccc2S(C)(=O)=O)CCCN1.Cl. The van der Waals surface area contributed by atoms with Gasteiger partial charge >= 0.3 is 0 Å². The molecule has 2 rings (SSSR count). The quantitative estimate of drug-likeness (QED) is 0.695. The fourth-order valence-electron chi connectivity index (χ4n) is 2.76. The average Bonchev–Trinajstić information content (AvgIpc) is 2.94. The van der Waals surface area contributed by atoms with Gasteiger partial charge in [0.05, 0.1) is 17.0 Å². The Morgan fingerprint density at radius 3 is 2.33 bits per heavy atom. The zero-order valence-corrected chi connectivity index (χ0v) is 16.1. The van der Waals surface area contributed by atoms with Crippen LogP contribution in [0.15, 0.2) is 34.1 Å². The van der Waals surface area contributed by atoms with E-state index in [2.05, 4.69) is 10.0 Å². The average molecular weight is 399 g/mol. The first-order valence-corrected chi connectivity index (χ1v) is 10.6. The standard InChI is InChI=1S/C14H22N2O5S2.ClH/c1-21-11-14(8-5-9-15-14)10-16-23(19,20)13-7-4-3-6-12(13)22(2,17)18;/h3-4,6-7,15-16H,5,8-11H2,1-2H3;1H. The van der Waals surface area contributed by atoms with E-state index < -0.39 is 25.4 Å². The molecule has 1 fully saturated rings. The molecule has 1 aromatic carbocycles. The zero-order chi connectivity index (χ0) is 17.1. The van der Waals surface area contributed by atoms with Crippen molar-refractivity contribution in [1.29, 1.82) is 0 Å². The van der Waals surface area contributed by atoms with Crippen molar-refractivity contribution in [3.05, 3.63) is 24.3 Å². The number of sulfone groups is 1. The molecular weight excluding hydrogens is 376 g/mol. The molecule has 1 saturated heterocycles. The Morgan fingerprint density at radius 2 is 1.83 bits per heavy atom. The lowest BCUT2D eigenvalue weighted by Gasteiger charge is -2.29. The molecule has 10 heteroatoms. The molecule has 1 atom stereocenters. The molecule has 1 aromatic rings. The molecule has 0 aliphatic carbocycles. The number of halogens is 1. The summed E-state index contributed by atoms with van der Waals surface area (Å²) in [4.78, 5) is -0.430. The molecule has 0 radical (unpaired) electrons. The summed E-state index contributed by atoms with van der Waals surface area (Å²) in [5.41, 5.74) is -0.456. The molecule has 1 unspecified atom stereocenters. The number of rotatable bonds is 7. The van der Waals surface area contributed by atoms with Gasteiger partial charge in [-0.15, -0.1) is 12.4 Å². The highest BCUT2D eigenvalue weighted by Crippen LogP contribution is 2.23. The highest BCUT2D eigenvalue weighted by Gasteiger charge is 2.35. The van der Waals surface area contributed by atoms with Crippen molar-refractivity contribution in [2.45, 2.75) is 28.2 Å². The second-order valence-corrected chi connectivity index (χ2v) is 9.51. The van der Waals surface area contributed by atoms with Gasteiger partial charge in [0.25, 0.3) is 0 Å². The summed E-state index contributed by atoms with van der Waals surface area (Å²) in [6, 6.07) is 5.59. The van der Waals surface area contributed by atoms with Crippen molar-refractivity contribution in [3.8, 4) is 0 Å². The maximum absolute atomic E-state index is 12.6. The van der Waals surface area contributed by atoms with E-state index >= 15 is 0 Å². The monoisotopic (exact) mass is 398 g/mol. The van der Waals surface area contributed by atoms with Crippen molar-refractivity contribution in [3.63, 3.8) is 0 Å². The van der Waals surface area contributed by atoms with Crippen molar-refractivity contribution in [1.82, 2.24) is 10.0 Å². The molecule has 1 aliphatic rings. The van der Waals surface area contributed by atoms with E-state index in [9.17, 15) is 16.8 Å². The number of benzene rings is 1. The van der Waals surface area contributed by atoms with Crippen LogP contribution in [-0.2, 0) is 24.6 Å². The second-order valence-electron chi connectivity index (χ2n) is 5.79. The molecule has 0 amide bonds. The van der Waals surface area contributed by atoms with Crippen LogP contribution in [0.3, 0.4) is 0 Å². The molecular formula is C14H23ClN2O5S2. The molecule has 1 heterocycles. The highest BCUT2D eigenvalue weighted by atomic mass is 35.5. The van der Waals surface area contributed by atoms with Gasteiger partial charge in [-0.25, -0.2) is 21.6 Å². The van der Waals surface area contributed by atoms with E-state index in [1.807, 2.05) is 0 Å². The van der Waals surface area contributed by atoms with Crippen LogP contribution in [0.25, 0.3) is 0 Å². The highest BCUT2D eigenvalue weighted by molar-refractivity contribution is 7.93. The summed E-state index contributed by atoms with van der Waals surface area (Å²) >= 11 is 0. The van der Waals surface area contributed by atoms with E-state index in [1.165, 1.54) is 24.3 Å². The Kier molecular flexibility index (Phi) is 7.21. The normalized spacial score (nSPS) is 21.4. The van der Waals surface area contributed by atoms with Crippen molar-refractivity contribution >= 4 is 32.3 Å². The molecule has 138 valence electrons. The molecule has 7 nitrogen and oxygen atoms in total.